The van der Waals surface area contributed by atoms with E-state index in [9.17, 15) is 4.79 Å². The lowest BCUT2D eigenvalue weighted by Gasteiger charge is -2.35. The second-order valence-electron chi connectivity index (χ2n) is 8.30. The van der Waals surface area contributed by atoms with Gasteiger partial charge in [0.05, 0.1) is 0 Å². The summed E-state index contributed by atoms with van der Waals surface area (Å²) < 4.78 is 0. The number of hydrogen-bond donors (Lipinski definition) is 2. The highest BCUT2D eigenvalue weighted by atomic mass is 127. The van der Waals surface area contributed by atoms with Crippen LogP contribution in [0.1, 0.15) is 43.9 Å². The molecule has 8 heteroatoms. The van der Waals surface area contributed by atoms with Crippen LogP contribution in [-0.2, 0) is 11.3 Å². The average molecular weight is 548 g/mol. The summed E-state index contributed by atoms with van der Waals surface area (Å²) in [7, 11) is 1.72. The largest absolute Gasteiger partial charge is 0.359 e. The van der Waals surface area contributed by atoms with Gasteiger partial charge in [-0.05, 0) is 69.0 Å². The van der Waals surface area contributed by atoms with E-state index < -0.39 is 0 Å². The molecule has 3 heterocycles. The summed E-state index contributed by atoms with van der Waals surface area (Å²) in [5.74, 6) is 2.41. The van der Waals surface area contributed by atoms with Gasteiger partial charge in [-0.3, -0.25) is 14.7 Å². The van der Waals surface area contributed by atoms with Crippen LogP contribution in [0.3, 0.4) is 0 Å². The Morgan fingerprint density at radius 2 is 1.87 bits per heavy atom. The van der Waals surface area contributed by atoms with Gasteiger partial charge in [0, 0.05) is 51.1 Å². The van der Waals surface area contributed by atoms with Crippen molar-refractivity contribution in [3.8, 4) is 0 Å². The van der Waals surface area contributed by atoms with Crippen LogP contribution in [-0.4, -0.2) is 68.0 Å². The fourth-order valence-corrected chi connectivity index (χ4v) is 5.05. The van der Waals surface area contributed by atoms with E-state index in [0.29, 0.717) is 18.3 Å². The molecule has 2 saturated heterocycles. The second kappa shape index (κ2) is 13.5. The highest BCUT2D eigenvalue weighted by molar-refractivity contribution is 14.0. The van der Waals surface area contributed by atoms with Gasteiger partial charge in [0.2, 0.25) is 5.91 Å². The number of aliphatic imine (C=N–C) groups is 1. The van der Waals surface area contributed by atoms with Crippen molar-refractivity contribution in [2.45, 2.75) is 45.6 Å². The van der Waals surface area contributed by atoms with Crippen LogP contribution in [0.2, 0.25) is 0 Å². The van der Waals surface area contributed by atoms with E-state index in [4.69, 9.17) is 4.99 Å². The number of thiophene rings is 1. The molecule has 2 N–H and O–H groups in total. The van der Waals surface area contributed by atoms with E-state index >= 15 is 0 Å². The lowest BCUT2D eigenvalue weighted by molar-refractivity contribution is -0.121. The minimum atomic E-state index is 0. The van der Waals surface area contributed by atoms with E-state index in [-0.39, 0.29) is 29.9 Å². The van der Waals surface area contributed by atoms with Crippen molar-refractivity contribution in [3.05, 3.63) is 22.4 Å². The minimum absolute atomic E-state index is 0. The maximum Gasteiger partial charge on any atom is 0.220 e. The molecule has 0 radical (unpaired) electrons. The van der Waals surface area contributed by atoms with Gasteiger partial charge in [0.1, 0.15) is 0 Å². The molecule has 170 valence electrons. The highest BCUT2D eigenvalue weighted by Gasteiger charge is 2.24. The van der Waals surface area contributed by atoms with Gasteiger partial charge in [-0.2, -0.15) is 0 Å². The minimum Gasteiger partial charge on any atom is -0.359 e. The molecule has 0 atom stereocenters. The molecule has 0 aromatic carbocycles. The van der Waals surface area contributed by atoms with Crippen molar-refractivity contribution in [2.24, 2.45) is 16.8 Å². The number of carbonyl (C=O) groups excluding carboxylic acids is 1. The Bertz CT molecular complexity index is 638. The van der Waals surface area contributed by atoms with E-state index in [0.717, 1.165) is 51.5 Å². The third-order valence-electron chi connectivity index (χ3n) is 6.17. The first kappa shape index (κ1) is 25.4. The predicted molar refractivity (Wildman–Crippen MR) is 137 cm³/mol. The Morgan fingerprint density at radius 1 is 1.17 bits per heavy atom. The molecule has 0 bridgehead atoms. The molecule has 6 nitrogen and oxygen atoms in total. The van der Waals surface area contributed by atoms with Gasteiger partial charge < -0.3 is 15.5 Å². The topological polar surface area (TPSA) is 60.0 Å². The van der Waals surface area contributed by atoms with Gasteiger partial charge in [-0.25, -0.2) is 0 Å². The maximum atomic E-state index is 11.6. The number of nitrogens with zero attached hydrogens (tertiary/aromatic N) is 3. The lowest BCUT2D eigenvalue weighted by atomic mass is 9.93. The van der Waals surface area contributed by atoms with Gasteiger partial charge in [-0.15, -0.1) is 35.3 Å². The zero-order valence-electron chi connectivity index (χ0n) is 18.4. The number of likely N-dealkylation sites (tertiary alicyclic amines) is 2. The van der Waals surface area contributed by atoms with Gasteiger partial charge in [-0.1, -0.05) is 6.07 Å². The highest BCUT2D eigenvalue weighted by Crippen LogP contribution is 2.22. The summed E-state index contributed by atoms with van der Waals surface area (Å²) >= 11 is 1.86. The van der Waals surface area contributed by atoms with Crippen LogP contribution >= 0.6 is 35.3 Å². The van der Waals surface area contributed by atoms with E-state index in [1.165, 1.54) is 30.8 Å². The number of rotatable bonds is 7. The standard InChI is InChI=1S/C22H37N5OS.HI/c1-3-24-22(27-12-8-18(9-13-27)15-21(28)23-2)25-16-19-6-10-26(11-7-19)17-20-5-4-14-29-20;/h4-5,14,18-19H,3,6-13,15-17H2,1-2H3,(H,23,28)(H,24,25);1H. The number of piperidine rings is 2. The first-order chi connectivity index (χ1) is 14.2. The number of guanidine groups is 1. The van der Waals surface area contributed by atoms with E-state index in [2.05, 4.69) is 44.9 Å². The van der Waals surface area contributed by atoms with E-state index in [1.54, 1.807) is 7.05 Å². The number of amides is 1. The molecule has 0 aliphatic carbocycles. The van der Waals surface area contributed by atoms with E-state index in [1.807, 2.05) is 11.3 Å². The summed E-state index contributed by atoms with van der Waals surface area (Å²) in [6.45, 7) is 9.40. The van der Waals surface area contributed by atoms with Crippen LogP contribution < -0.4 is 10.6 Å². The fraction of sp³-hybridized carbons (Fsp3) is 0.727. The normalized spacial score (nSPS) is 19.4. The molecule has 0 spiro atoms. The van der Waals surface area contributed by atoms with Crippen molar-refractivity contribution < 1.29 is 4.79 Å². The predicted octanol–water partition coefficient (Wildman–Crippen LogP) is 3.39. The third kappa shape index (κ3) is 8.00. The summed E-state index contributed by atoms with van der Waals surface area (Å²) in [5, 5.41) is 8.40. The first-order valence-electron chi connectivity index (χ1n) is 11.2. The molecule has 2 fully saturated rings. The summed E-state index contributed by atoms with van der Waals surface area (Å²) in [5.41, 5.74) is 0. The summed E-state index contributed by atoms with van der Waals surface area (Å²) in [4.78, 5) is 23.1. The van der Waals surface area contributed by atoms with Gasteiger partial charge in [0.15, 0.2) is 5.96 Å². The smallest absolute Gasteiger partial charge is 0.220 e. The van der Waals surface area contributed by atoms with Crippen molar-refractivity contribution in [3.63, 3.8) is 0 Å². The number of hydrogen-bond acceptors (Lipinski definition) is 4. The van der Waals surface area contributed by atoms with Crippen molar-refractivity contribution in [1.29, 1.82) is 0 Å². The number of carbonyl (C=O) groups is 1. The molecule has 1 aromatic heterocycles. The molecule has 1 amide bonds. The molecule has 2 aliphatic heterocycles. The monoisotopic (exact) mass is 547 g/mol. The lowest BCUT2D eigenvalue weighted by Crippen LogP contribution is -2.46. The summed E-state index contributed by atoms with van der Waals surface area (Å²) in [6, 6.07) is 4.38. The van der Waals surface area contributed by atoms with Crippen LogP contribution in [0.15, 0.2) is 22.5 Å². The SMILES string of the molecule is CCNC(=NCC1CCN(Cc2cccs2)CC1)N1CCC(CC(=O)NC)CC1.I. The molecule has 0 saturated carbocycles. The van der Waals surface area contributed by atoms with Gasteiger partial charge >= 0.3 is 0 Å². The molecular formula is C22H38IN5OS. The molecule has 1 aromatic rings. The van der Waals surface area contributed by atoms with Gasteiger partial charge in [0.25, 0.3) is 0 Å². The van der Waals surface area contributed by atoms with Crippen LogP contribution in [0, 0.1) is 11.8 Å². The Balaban J connectivity index is 0.00000320. The number of nitrogens with one attached hydrogen (secondary N) is 2. The Labute approximate surface area is 202 Å². The zero-order valence-corrected chi connectivity index (χ0v) is 21.6. The Morgan fingerprint density at radius 3 is 2.47 bits per heavy atom. The quantitative estimate of drug-likeness (QED) is 0.312. The average Bonchev–Trinajstić information content (AvgIpc) is 3.26. The summed E-state index contributed by atoms with van der Waals surface area (Å²) in [6.07, 6.45) is 5.27. The second-order valence-corrected chi connectivity index (χ2v) is 9.33. The Kier molecular flexibility index (Phi) is 11.4. The fourth-order valence-electron chi connectivity index (χ4n) is 4.30. The molecule has 3 rings (SSSR count). The molecule has 0 unspecified atom stereocenters. The van der Waals surface area contributed by atoms with Crippen LogP contribution in [0.4, 0.5) is 0 Å². The number of halogens is 1. The molecular weight excluding hydrogens is 509 g/mol. The van der Waals surface area contributed by atoms with Crippen molar-refractivity contribution in [1.82, 2.24) is 20.4 Å². The first-order valence-corrected chi connectivity index (χ1v) is 12.0. The Hall–Kier alpha value is -0.870. The van der Waals surface area contributed by atoms with Crippen molar-refractivity contribution >= 4 is 47.2 Å². The molecule has 30 heavy (non-hydrogen) atoms. The third-order valence-corrected chi connectivity index (χ3v) is 7.03. The van der Waals surface area contributed by atoms with Crippen molar-refractivity contribution in [2.75, 3.05) is 46.3 Å². The van der Waals surface area contributed by atoms with Crippen LogP contribution in [0.5, 0.6) is 0 Å². The zero-order chi connectivity index (χ0) is 20.5. The molecule has 2 aliphatic rings. The maximum absolute atomic E-state index is 11.6. The van der Waals surface area contributed by atoms with Crippen LogP contribution in [0.25, 0.3) is 0 Å².